The summed E-state index contributed by atoms with van der Waals surface area (Å²) in [5.41, 5.74) is 5.68. The molecule has 5 aromatic rings. The van der Waals surface area contributed by atoms with Crippen LogP contribution < -0.4 is 8.96 Å². The van der Waals surface area contributed by atoms with E-state index in [4.69, 9.17) is 0 Å². The van der Waals surface area contributed by atoms with Crippen molar-refractivity contribution in [2.45, 2.75) is 60.2 Å². The van der Waals surface area contributed by atoms with Crippen LogP contribution in [-0.4, -0.2) is 13.3 Å². The van der Waals surface area contributed by atoms with Crippen LogP contribution in [0, 0.1) is 6.92 Å². The summed E-state index contributed by atoms with van der Waals surface area (Å²) in [6.07, 6.45) is 2.27. The van der Waals surface area contributed by atoms with E-state index in [1.54, 1.807) is 4.40 Å². The van der Waals surface area contributed by atoms with E-state index in [9.17, 15) is 0 Å². The number of pyridine rings is 1. The maximum absolute atomic E-state index is 2.49. The summed E-state index contributed by atoms with van der Waals surface area (Å²) in [5.74, 6) is 7.45. The Hall–Kier alpha value is -2.30. The van der Waals surface area contributed by atoms with E-state index in [1.807, 2.05) is 11.8 Å². The fraction of sp³-hybridized carbons (Fsp3) is 0.281. The molecular formula is C32H34GeNS+. The van der Waals surface area contributed by atoms with E-state index in [0.29, 0.717) is 0 Å². The summed E-state index contributed by atoms with van der Waals surface area (Å²) in [5, 5.41) is 8.31. The molecule has 2 heterocycles. The number of hydrogen-bond donors (Lipinski definition) is 0. The molecule has 0 N–H and O–H groups in total. The van der Waals surface area contributed by atoms with E-state index >= 15 is 0 Å². The normalized spacial score (nSPS) is 13.6. The SMILES string of the molecule is Cc1c2c(c(C(C)(C)C)c3ccccc13)Sc1cc3c[c]([Ge]([CH3])([CH3])[CH3])ccc3c3cc[n+](C)c-2c13. The number of nitrogens with zero attached hydrogens (tertiary/aromatic N) is 1. The summed E-state index contributed by atoms with van der Waals surface area (Å²) < 4.78 is 3.92. The average Bonchev–Trinajstić information content (AvgIpc) is 2.78. The van der Waals surface area contributed by atoms with Crippen molar-refractivity contribution < 1.29 is 4.57 Å². The van der Waals surface area contributed by atoms with Crippen molar-refractivity contribution in [2.75, 3.05) is 0 Å². The standard InChI is InChI=1S/C32H34GeNS/c1-19-22-11-9-10-12-25(22)29(32(2,3)4)31-27(19)30-28-24(15-16-34(30)8)23-14-13-21(33(5,6)7)17-20(23)18-26(28)35-31/h9-18H,1-8H3/q+1. The molecule has 1 aliphatic heterocycles. The summed E-state index contributed by atoms with van der Waals surface area (Å²) in [4.78, 5) is 2.83. The van der Waals surface area contributed by atoms with Crippen LogP contribution in [0.25, 0.3) is 43.6 Å². The van der Waals surface area contributed by atoms with Gasteiger partial charge in [0.25, 0.3) is 0 Å². The predicted molar refractivity (Wildman–Crippen MR) is 156 cm³/mol. The minimum atomic E-state index is -1.92. The zero-order valence-corrected chi connectivity index (χ0v) is 25.0. The van der Waals surface area contributed by atoms with Crippen molar-refractivity contribution in [2.24, 2.45) is 7.05 Å². The van der Waals surface area contributed by atoms with Gasteiger partial charge in [-0.1, -0.05) is 0 Å². The molecular weight excluding hydrogens is 503 g/mol. The van der Waals surface area contributed by atoms with E-state index in [1.165, 1.54) is 64.5 Å². The topological polar surface area (TPSA) is 3.88 Å². The Balaban J connectivity index is 1.81. The third kappa shape index (κ3) is 3.40. The zero-order chi connectivity index (χ0) is 24.9. The monoisotopic (exact) mass is 538 g/mol. The van der Waals surface area contributed by atoms with Gasteiger partial charge < -0.3 is 0 Å². The third-order valence-corrected chi connectivity index (χ3v) is 13.1. The fourth-order valence-electron chi connectivity index (χ4n) is 5.93. The van der Waals surface area contributed by atoms with Crippen LogP contribution in [0.5, 0.6) is 0 Å². The van der Waals surface area contributed by atoms with Gasteiger partial charge in [-0.15, -0.1) is 0 Å². The van der Waals surface area contributed by atoms with Gasteiger partial charge in [-0.05, 0) is 0 Å². The summed E-state index contributed by atoms with van der Waals surface area (Å²) in [6, 6.07) is 21.1. The Labute approximate surface area is 215 Å². The number of benzene rings is 4. The van der Waals surface area contributed by atoms with E-state index in [0.717, 1.165) is 0 Å². The second kappa shape index (κ2) is 7.60. The average molecular weight is 537 g/mol. The fourth-order valence-corrected chi connectivity index (χ4v) is 9.98. The number of aryl methyl sites for hydroxylation is 2. The van der Waals surface area contributed by atoms with Crippen LogP contribution in [0.2, 0.25) is 17.3 Å². The first-order valence-corrected chi connectivity index (χ1v) is 20.8. The Kier molecular flexibility index (Phi) is 5.02. The second-order valence-corrected chi connectivity index (χ2v) is 23.9. The van der Waals surface area contributed by atoms with Crippen molar-refractivity contribution in [3.63, 3.8) is 0 Å². The molecule has 0 atom stereocenters. The third-order valence-electron chi connectivity index (χ3n) is 7.69. The molecule has 0 amide bonds. The molecule has 0 bridgehead atoms. The first-order valence-electron chi connectivity index (χ1n) is 12.6. The molecule has 0 saturated heterocycles. The molecule has 6 rings (SSSR count). The molecule has 4 aromatic carbocycles. The van der Waals surface area contributed by atoms with Gasteiger partial charge in [0.15, 0.2) is 0 Å². The molecule has 0 unspecified atom stereocenters. The molecule has 1 nitrogen and oxygen atoms in total. The van der Waals surface area contributed by atoms with Crippen LogP contribution in [0.15, 0.2) is 70.6 Å². The van der Waals surface area contributed by atoms with E-state index in [-0.39, 0.29) is 5.41 Å². The number of rotatable bonds is 1. The van der Waals surface area contributed by atoms with Gasteiger partial charge in [0.1, 0.15) is 0 Å². The number of fused-ring (bicyclic) bond motifs is 5. The van der Waals surface area contributed by atoms with Crippen LogP contribution in [0.3, 0.4) is 0 Å². The zero-order valence-electron chi connectivity index (χ0n) is 22.1. The van der Waals surface area contributed by atoms with Gasteiger partial charge in [-0.3, -0.25) is 0 Å². The molecule has 176 valence electrons. The van der Waals surface area contributed by atoms with Gasteiger partial charge in [0, 0.05) is 0 Å². The van der Waals surface area contributed by atoms with Crippen LogP contribution >= 0.6 is 11.8 Å². The van der Waals surface area contributed by atoms with Crippen LogP contribution in [-0.2, 0) is 12.5 Å². The summed E-state index contributed by atoms with van der Waals surface area (Å²) in [6.45, 7) is 9.41. The summed E-state index contributed by atoms with van der Waals surface area (Å²) >= 11 is 0.0722. The molecule has 1 aromatic heterocycles. The molecule has 0 radical (unpaired) electrons. The Morgan fingerprint density at radius 3 is 2.23 bits per heavy atom. The van der Waals surface area contributed by atoms with E-state index < -0.39 is 13.3 Å². The van der Waals surface area contributed by atoms with Crippen molar-refractivity contribution in [3.05, 3.63) is 71.9 Å². The molecule has 0 spiro atoms. The van der Waals surface area contributed by atoms with Gasteiger partial charge in [0.2, 0.25) is 0 Å². The first kappa shape index (κ1) is 23.1. The van der Waals surface area contributed by atoms with Gasteiger partial charge in [0.05, 0.1) is 0 Å². The Morgan fingerprint density at radius 2 is 1.54 bits per heavy atom. The number of hydrogen-bond acceptors (Lipinski definition) is 1. The quantitative estimate of drug-likeness (QED) is 0.116. The van der Waals surface area contributed by atoms with Gasteiger partial charge >= 0.3 is 217 Å². The van der Waals surface area contributed by atoms with Crippen molar-refractivity contribution in [1.29, 1.82) is 0 Å². The molecule has 0 saturated carbocycles. The molecule has 3 heteroatoms. The van der Waals surface area contributed by atoms with Crippen molar-refractivity contribution >= 4 is 61.7 Å². The molecule has 35 heavy (non-hydrogen) atoms. The Bertz CT molecular complexity index is 1700. The van der Waals surface area contributed by atoms with Crippen molar-refractivity contribution in [1.82, 2.24) is 0 Å². The van der Waals surface area contributed by atoms with Crippen molar-refractivity contribution in [3.8, 4) is 11.3 Å². The number of aromatic nitrogens is 1. The molecule has 0 fully saturated rings. The predicted octanol–water partition coefficient (Wildman–Crippen LogP) is 8.25. The first-order chi connectivity index (χ1) is 16.5. The minimum absolute atomic E-state index is 0.0399. The maximum atomic E-state index is 2.49. The van der Waals surface area contributed by atoms with E-state index in [2.05, 4.69) is 117 Å². The second-order valence-electron chi connectivity index (χ2n) is 12.2. The molecule has 0 aliphatic carbocycles. The van der Waals surface area contributed by atoms with Crippen LogP contribution in [0.1, 0.15) is 31.9 Å². The van der Waals surface area contributed by atoms with Gasteiger partial charge in [-0.2, -0.15) is 0 Å². The molecule has 1 aliphatic rings. The van der Waals surface area contributed by atoms with Gasteiger partial charge in [-0.25, -0.2) is 0 Å². The van der Waals surface area contributed by atoms with Crippen LogP contribution in [0.4, 0.5) is 0 Å². The Morgan fingerprint density at radius 1 is 0.829 bits per heavy atom. The summed E-state index contributed by atoms with van der Waals surface area (Å²) in [7, 11) is 2.21.